The summed E-state index contributed by atoms with van der Waals surface area (Å²) in [7, 11) is 0. The molecule has 2 rings (SSSR count). The smallest absolute Gasteiger partial charge is 0.348 e. The molecule has 27 heavy (non-hydrogen) atoms. The van der Waals surface area contributed by atoms with E-state index in [2.05, 4.69) is 5.32 Å². The number of rotatable bonds is 6. The molecule has 15 heteroatoms. The molecule has 0 aliphatic carbocycles. The fourth-order valence-electron chi connectivity index (χ4n) is 2.15. The van der Waals surface area contributed by atoms with E-state index >= 15 is 0 Å². The van der Waals surface area contributed by atoms with Crippen molar-refractivity contribution in [1.29, 1.82) is 0 Å². The first kappa shape index (κ1) is 19.7. The summed E-state index contributed by atoms with van der Waals surface area (Å²) >= 11 is 11.7. The molecule has 0 atom stereocenters. The molecule has 0 aliphatic rings. The van der Waals surface area contributed by atoms with Gasteiger partial charge in [-0.15, -0.1) is 0 Å². The molecule has 1 N–H and O–H groups in total. The minimum atomic E-state index is -1.64. The van der Waals surface area contributed by atoms with Crippen molar-refractivity contribution in [3.05, 3.63) is 74.8 Å². The van der Waals surface area contributed by atoms with Gasteiger partial charge in [-0.05, 0) is 12.1 Å². The Balaban J connectivity index is 2.90. The molecule has 2 aromatic rings. The molecular formula is C12H5Cl2N5O8. The second-order valence-corrected chi connectivity index (χ2v) is 5.53. The van der Waals surface area contributed by atoms with Crippen molar-refractivity contribution in [2.24, 2.45) is 0 Å². The Morgan fingerprint density at radius 3 is 1.78 bits per heavy atom. The van der Waals surface area contributed by atoms with Crippen molar-refractivity contribution in [2.75, 3.05) is 5.32 Å². The maximum absolute atomic E-state index is 11.4. The van der Waals surface area contributed by atoms with Crippen LogP contribution in [0.2, 0.25) is 10.0 Å². The number of hydrogen-bond donors (Lipinski definition) is 1. The van der Waals surface area contributed by atoms with E-state index in [9.17, 15) is 40.5 Å². The number of nitrogens with one attached hydrogen (secondary N) is 1. The maximum atomic E-state index is 11.4. The first-order valence-corrected chi connectivity index (χ1v) is 7.31. The summed E-state index contributed by atoms with van der Waals surface area (Å²) in [6, 6.07) is 4.50. The third-order valence-electron chi connectivity index (χ3n) is 3.19. The summed E-state index contributed by atoms with van der Waals surface area (Å²) in [4.78, 5) is 39.5. The summed E-state index contributed by atoms with van der Waals surface area (Å²) in [6.45, 7) is 0. The number of halogens is 2. The van der Waals surface area contributed by atoms with Crippen LogP contribution in [-0.4, -0.2) is 19.7 Å². The van der Waals surface area contributed by atoms with Gasteiger partial charge >= 0.3 is 22.7 Å². The largest absolute Gasteiger partial charge is 0.432 e. The van der Waals surface area contributed by atoms with E-state index in [1.165, 1.54) is 18.2 Å². The predicted molar refractivity (Wildman–Crippen MR) is 92.8 cm³/mol. The molecule has 0 aliphatic heterocycles. The van der Waals surface area contributed by atoms with Crippen molar-refractivity contribution < 1.29 is 19.7 Å². The summed E-state index contributed by atoms with van der Waals surface area (Å²) in [5.74, 6) is 0. The molecule has 0 spiro atoms. The SMILES string of the molecule is O=[N+]([O-])c1cc(Nc2cccc(Cl)c2Cl)c([N+](=O)[O-])c([N+](=O)[O-])c1[N+](=O)[O-]. The van der Waals surface area contributed by atoms with E-state index in [1.54, 1.807) is 0 Å². The van der Waals surface area contributed by atoms with Gasteiger partial charge in [-0.1, -0.05) is 29.3 Å². The van der Waals surface area contributed by atoms with E-state index in [0.29, 0.717) is 6.07 Å². The van der Waals surface area contributed by atoms with Gasteiger partial charge in [-0.3, -0.25) is 40.5 Å². The van der Waals surface area contributed by atoms with Crippen molar-refractivity contribution in [2.45, 2.75) is 0 Å². The molecule has 0 saturated heterocycles. The topological polar surface area (TPSA) is 185 Å². The third-order valence-corrected chi connectivity index (χ3v) is 4.01. The molecule has 0 radical (unpaired) electrons. The maximum Gasteiger partial charge on any atom is 0.432 e. The molecule has 0 aromatic heterocycles. The molecular weight excluding hydrogens is 413 g/mol. The second kappa shape index (κ2) is 7.35. The zero-order valence-electron chi connectivity index (χ0n) is 12.6. The van der Waals surface area contributed by atoms with Crippen molar-refractivity contribution in [3.8, 4) is 0 Å². The van der Waals surface area contributed by atoms with Crippen molar-refractivity contribution in [3.63, 3.8) is 0 Å². The van der Waals surface area contributed by atoms with Gasteiger partial charge in [-0.25, -0.2) is 0 Å². The van der Waals surface area contributed by atoms with Crippen LogP contribution >= 0.6 is 23.2 Å². The first-order chi connectivity index (χ1) is 12.6. The number of benzene rings is 2. The standard InChI is InChI=1S/C12H5Cl2N5O8/c13-5-2-1-3-6(9(5)14)15-7-4-8(16(20)21)11(18(24)25)12(19(26)27)10(7)17(22)23/h1-4,15H. The van der Waals surface area contributed by atoms with Crippen LogP contribution in [0.1, 0.15) is 0 Å². The number of nitro benzene ring substituents is 4. The average Bonchev–Trinajstić information content (AvgIpc) is 2.57. The monoisotopic (exact) mass is 417 g/mol. The second-order valence-electron chi connectivity index (χ2n) is 4.74. The fraction of sp³-hybridized carbons (Fsp3) is 0. The quantitative estimate of drug-likeness (QED) is 0.525. The lowest BCUT2D eigenvalue weighted by Crippen LogP contribution is -2.07. The fourth-order valence-corrected chi connectivity index (χ4v) is 2.50. The zero-order chi connectivity index (χ0) is 20.5. The molecule has 0 saturated carbocycles. The van der Waals surface area contributed by atoms with Gasteiger partial charge < -0.3 is 5.32 Å². The Kier molecular flexibility index (Phi) is 5.37. The van der Waals surface area contributed by atoms with E-state index in [1.807, 2.05) is 0 Å². The van der Waals surface area contributed by atoms with Crippen LogP contribution in [0.4, 0.5) is 34.1 Å². The summed E-state index contributed by atoms with van der Waals surface area (Å²) in [6.07, 6.45) is 0. The van der Waals surface area contributed by atoms with E-state index < -0.39 is 48.1 Å². The lowest BCUT2D eigenvalue weighted by molar-refractivity contribution is -0.451. The van der Waals surface area contributed by atoms with E-state index in [0.717, 1.165) is 0 Å². The predicted octanol–water partition coefficient (Wildman–Crippen LogP) is 4.37. The Hall–Kier alpha value is -3.58. The normalized spacial score (nSPS) is 10.3. The minimum absolute atomic E-state index is 0.0234. The number of hydrogen-bond acceptors (Lipinski definition) is 9. The summed E-state index contributed by atoms with van der Waals surface area (Å²) in [5.41, 5.74) is -6.71. The van der Waals surface area contributed by atoms with Crippen LogP contribution in [0.3, 0.4) is 0 Å². The highest BCUT2D eigenvalue weighted by atomic mass is 35.5. The first-order valence-electron chi connectivity index (χ1n) is 6.55. The van der Waals surface area contributed by atoms with Gasteiger partial charge in [0.1, 0.15) is 5.69 Å². The summed E-state index contributed by atoms with van der Waals surface area (Å²) < 4.78 is 0. The molecule has 13 nitrogen and oxygen atoms in total. The van der Waals surface area contributed by atoms with E-state index in [4.69, 9.17) is 23.2 Å². The zero-order valence-corrected chi connectivity index (χ0v) is 14.1. The molecule has 0 amide bonds. The van der Waals surface area contributed by atoms with E-state index in [-0.39, 0.29) is 15.7 Å². The van der Waals surface area contributed by atoms with Gasteiger partial charge in [0.05, 0.1) is 41.5 Å². The lowest BCUT2D eigenvalue weighted by atomic mass is 10.1. The Morgan fingerprint density at radius 2 is 1.30 bits per heavy atom. The van der Waals surface area contributed by atoms with Gasteiger partial charge in [-0.2, -0.15) is 0 Å². The lowest BCUT2D eigenvalue weighted by Gasteiger charge is -2.10. The number of nitrogens with zero attached hydrogens (tertiary/aromatic N) is 4. The number of anilines is 2. The average molecular weight is 418 g/mol. The van der Waals surface area contributed by atoms with Crippen LogP contribution in [0.25, 0.3) is 0 Å². The van der Waals surface area contributed by atoms with Crippen LogP contribution < -0.4 is 5.32 Å². The molecule has 0 unspecified atom stereocenters. The Morgan fingerprint density at radius 1 is 0.741 bits per heavy atom. The highest BCUT2D eigenvalue weighted by Crippen LogP contribution is 2.48. The van der Waals surface area contributed by atoms with Gasteiger partial charge in [0.25, 0.3) is 0 Å². The molecule has 2 aromatic carbocycles. The van der Waals surface area contributed by atoms with Gasteiger partial charge in [0, 0.05) is 0 Å². The van der Waals surface area contributed by atoms with Gasteiger partial charge in [0.2, 0.25) is 0 Å². The van der Waals surface area contributed by atoms with Crippen LogP contribution in [-0.2, 0) is 0 Å². The summed E-state index contributed by atoms with van der Waals surface area (Å²) in [5, 5.41) is 47.1. The molecule has 0 bridgehead atoms. The van der Waals surface area contributed by atoms with Crippen molar-refractivity contribution >= 4 is 57.3 Å². The molecule has 0 heterocycles. The number of nitro groups is 4. The van der Waals surface area contributed by atoms with Crippen LogP contribution in [0.15, 0.2) is 24.3 Å². The van der Waals surface area contributed by atoms with Crippen LogP contribution in [0.5, 0.6) is 0 Å². The van der Waals surface area contributed by atoms with Crippen molar-refractivity contribution in [1.82, 2.24) is 0 Å². The highest BCUT2D eigenvalue weighted by Gasteiger charge is 2.46. The Bertz CT molecular complexity index is 1010. The minimum Gasteiger partial charge on any atom is -0.348 e. The third kappa shape index (κ3) is 3.68. The Labute approximate surface area is 157 Å². The highest BCUT2D eigenvalue weighted by molar-refractivity contribution is 6.43. The van der Waals surface area contributed by atoms with Crippen LogP contribution in [0, 0.1) is 40.5 Å². The molecule has 140 valence electrons. The van der Waals surface area contributed by atoms with Gasteiger partial charge in [0.15, 0.2) is 0 Å². The molecule has 0 fully saturated rings.